The first kappa shape index (κ1) is 12.6. The predicted octanol–water partition coefficient (Wildman–Crippen LogP) is 1.48. The van der Waals surface area contributed by atoms with E-state index in [1.807, 2.05) is 42.0 Å². The van der Waals surface area contributed by atoms with E-state index >= 15 is 0 Å². The number of nitrogens with zero attached hydrogens (tertiary/aromatic N) is 3. The fraction of sp³-hybridized carbons (Fsp3) is 0.385. The van der Waals surface area contributed by atoms with Crippen molar-refractivity contribution in [3.05, 3.63) is 36.3 Å². The standard InChI is InChI=1S/C13H19N5/c1-10(7-12(14)15)17(2)8-11-9-18-6-4-3-5-13(18)16-11/h3-6,9-10H,7-8H2,1-2H3,(H3,14,15). The van der Waals surface area contributed by atoms with Crippen molar-refractivity contribution in [2.45, 2.75) is 25.9 Å². The lowest BCUT2D eigenvalue weighted by Crippen LogP contribution is -2.32. The summed E-state index contributed by atoms with van der Waals surface area (Å²) >= 11 is 0. The van der Waals surface area contributed by atoms with Gasteiger partial charge in [0.25, 0.3) is 0 Å². The van der Waals surface area contributed by atoms with Gasteiger partial charge in [0.15, 0.2) is 0 Å². The summed E-state index contributed by atoms with van der Waals surface area (Å²) in [6, 6.07) is 6.20. The molecule has 2 aromatic heterocycles. The second-order valence-corrected chi connectivity index (χ2v) is 4.69. The molecule has 0 saturated carbocycles. The third-order valence-corrected chi connectivity index (χ3v) is 3.09. The Balaban J connectivity index is 2.06. The van der Waals surface area contributed by atoms with Gasteiger partial charge in [0, 0.05) is 31.4 Å². The molecule has 1 atom stereocenters. The van der Waals surface area contributed by atoms with Crippen molar-refractivity contribution in [2.75, 3.05) is 7.05 Å². The molecule has 2 rings (SSSR count). The SMILES string of the molecule is CC(CC(=N)N)N(C)Cc1cn2ccccc2n1. The van der Waals surface area contributed by atoms with Crippen LogP contribution in [0.25, 0.3) is 5.65 Å². The molecule has 0 spiro atoms. The molecule has 0 radical (unpaired) electrons. The first-order valence-corrected chi connectivity index (χ1v) is 6.02. The van der Waals surface area contributed by atoms with Crippen molar-refractivity contribution < 1.29 is 0 Å². The number of amidine groups is 1. The molecule has 5 heteroatoms. The van der Waals surface area contributed by atoms with E-state index in [2.05, 4.69) is 16.8 Å². The van der Waals surface area contributed by atoms with Crippen molar-refractivity contribution in [2.24, 2.45) is 5.73 Å². The topological polar surface area (TPSA) is 70.4 Å². The summed E-state index contributed by atoms with van der Waals surface area (Å²) < 4.78 is 2.01. The fourth-order valence-corrected chi connectivity index (χ4v) is 1.95. The Labute approximate surface area is 107 Å². The van der Waals surface area contributed by atoms with E-state index in [1.54, 1.807) is 0 Å². The van der Waals surface area contributed by atoms with E-state index in [0.29, 0.717) is 6.42 Å². The minimum atomic E-state index is 0.226. The number of hydrogen-bond acceptors (Lipinski definition) is 3. The van der Waals surface area contributed by atoms with E-state index < -0.39 is 0 Å². The van der Waals surface area contributed by atoms with Gasteiger partial charge in [-0.05, 0) is 26.1 Å². The van der Waals surface area contributed by atoms with Gasteiger partial charge in [-0.25, -0.2) is 4.98 Å². The quantitative estimate of drug-likeness (QED) is 0.619. The lowest BCUT2D eigenvalue weighted by molar-refractivity contribution is 0.252. The van der Waals surface area contributed by atoms with Gasteiger partial charge < -0.3 is 10.1 Å². The van der Waals surface area contributed by atoms with Crippen LogP contribution in [0.5, 0.6) is 0 Å². The highest BCUT2D eigenvalue weighted by atomic mass is 15.1. The molecule has 3 N–H and O–H groups in total. The number of nitrogens with one attached hydrogen (secondary N) is 1. The maximum atomic E-state index is 7.32. The average Bonchev–Trinajstić information content (AvgIpc) is 2.69. The minimum Gasteiger partial charge on any atom is -0.388 e. The predicted molar refractivity (Wildman–Crippen MR) is 72.7 cm³/mol. The van der Waals surface area contributed by atoms with Gasteiger partial charge in [-0.15, -0.1) is 0 Å². The maximum Gasteiger partial charge on any atom is 0.137 e. The highest BCUT2D eigenvalue weighted by Gasteiger charge is 2.12. The second-order valence-electron chi connectivity index (χ2n) is 4.69. The fourth-order valence-electron chi connectivity index (χ4n) is 1.95. The Bertz CT molecular complexity index is 512. The van der Waals surface area contributed by atoms with Crippen LogP contribution in [0.1, 0.15) is 19.0 Å². The largest absolute Gasteiger partial charge is 0.388 e. The van der Waals surface area contributed by atoms with Crippen LogP contribution in [0.15, 0.2) is 30.6 Å². The van der Waals surface area contributed by atoms with Crippen molar-refractivity contribution in [1.82, 2.24) is 14.3 Å². The molecule has 0 bridgehead atoms. The number of hydrogen-bond donors (Lipinski definition) is 2. The highest BCUT2D eigenvalue weighted by Crippen LogP contribution is 2.09. The zero-order chi connectivity index (χ0) is 13.1. The normalized spacial score (nSPS) is 13.1. The summed E-state index contributed by atoms with van der Waals surface area (Å²) in [5.74, 6) is 0.226. The van der Waals surface area contributed by atoms with Gasteiger partial charge in [-0.1, -0.05) is 6.07 Å². The lowest BCUT2D eigenvalue weighted by Gasteiger charge is -2.23. The Morgan fingerprint density at radius 1 is 1.56 bits per heavy atom. The number of rotatable bonds is 5. The smallest absolute Gasteiger partial charge is 0.137 e. The molecule has 0 aliphatic heterocycles. The van der Waals surface area contributed by atoms with E-state index in [0.717, 1.165) is 17.9 Å². The molecule has 2 aromatic rings. The van der Waals surface area contributed by atoms with E-state index in [1.165, 1.54) is 0 Å². The average molecular weight is 245 g/mol. The molecule has 0 fully saturated rings. The minimum absolute atomic E-state index is 0.226. The Morgan fingerprint density at radius 3 is 3.00 bits per heavy atom. The summed E-state index contributed by atoms with van der Waals surface area (Å²) in [5, 5.41) is 7.32. The van der Waals surface area contributed by atoms with Gasteiger partial charge in [0.1, 0.15) is 5.65 Å². The number of nitrogens with two attached hydrogens (primary N) is 1. The zero-order valence-corrected chi connectivity index (χ0v) is 10.8. The van der Waals surface area contributed by atoms with Crippen LogP contribution >= 0.6 is 0 Å². The molecule has 96 valence electrons. The summed E-state index contributed by atoms with van der Waals surface area (Å²) in [5.41, 5.74) is 7.41. The van der Waals surface area contributed by atoms with Crippen LogP contribution in [0, 0.1) is 5.41 Å². The van der Waals surface area contributed by atoms with Crippen LogP contribution < -0.4 is 5.73 Å². The molecule has 18 heavy (non-hydrogen) atoms. The monoisotopic (exact) mass is 245 g/mol. The Kier molecular flexibility index (Phi) is 3.62. The Hall–Kier alpha value is -1.88. The number of imidazole rings is 1. The van der Waals surface area contributed by atoms with Crippen molar-refractivity contribution >= 4 is 11.5 Å². The third-order valence-electron chi connectivity index (χ3n) is 3.09. The molecule has 0 aromatic carbocycles. The van der Waals surface area contributed by atoms with Crippen LogP contribution in [-0.4, -0.2) is 33.2 Å². The summed E-state index contributed by atoms with van der Waals surface area (Å²) in [4.78, 5) is 6.71. The van der Waals surface area contributed by atoms with Gasteiger partial charge in [-0.2, -0.15) is 0 Å². The van der Waals surface area contributed by atoms with Gasteiger partial charge >= 0.3 is 0 Å². The van der Waals surface area contributed by atoms with Gasteiger partial charge in [-0.3, -0.25) is 10.3 Å². The number of pyridine rings is 1. The molecule has 1 unspecified atom stereocenters. The second kappa shape index (κ2) is 5.18. The van der Waals surface area contributed by atoms with Crippen LogP contribution in [0.4, 0.5) is 0 Å². The van der Waals surface area contributed by atoms with Crippen molar-refractivity contribution in [3.8, 4) is 0 Å². The number of aromatic nitrogens is 2. The molecule has 0 aliphatic rings. The van der Waals surface area contributed by atoms with Crippen molar-refractivity contribution in [3.63, 3.8) is 0 Å². The van der Waals surface area contributed by atoms with Gasteiger partial charge in [0.2, 0.25) is 0 Å². The molecule has 0 aliphatic carbocycles. The molecule has 0 saturated heterocycles. The third kappa shape index (κ3) is 2.87. The van der Waals surface area contributed by atoms with Gasteiger partial charge in [0.05, 0.1) is 11.5 Å². The first-order valence-electron chi connectivity index (χ1n) is 6.02. The molecular formula is C13H19N5. The summed E-state index contributed by atoms with van der Waals surface area (Å²) in [6.45, 7) is 2.83. The number of fused-ring (bicyclic) bond motifs is 1. The lowest BCUT2D eigenvalue weighted by atomic mass is 10.2. The van der Waals surface area contributed by atoms with Crippen LogP contribution in [0.3, 0.4) is 0 Å². The summed E-state index contributed by atoms with van der Waals surface area (Å²) in [6.07, 6.45) is 4.61. The van der Waals surface area contributed by atoms with E-state index in [4.69, 9.17) is 11.1 Å². The van der Waals surface area contributed by atoms with Crippen LogP contribution in [0.2, 0.25) is 0 Å². The van der Waals surface area contributed by atoms with E-state index in [-0.39, 0.29) is 11.9 Å². The molecular weight excluding hydrogens is 226 g/mol. The first-order chi connectivity index (χ1) is 8.56. The van der Waals surface area contributed by atoms with Crippen molar-refractivity contribution in [1.29, 1.82) is 5.41 Å². The Morgan fingerprint density at radius 2 is 2.33 bits per heavy atom. The zero-order valence-electron chi connectivity index (χ0n) is 10.8. The molecule has 2 heterocycles. The molecule has 5 nitrogen and oxygen atoms in total. The highest BCUT2D eigenvalue weighted by molar-refractivity contribution is 5.77. The van der Waals surface area contributed by atoms with Crippen LogP contribution in [-0.2, 0) is 6.54 Å². The van der Waals surface area contributed by atoms with E-state index in [9.17, 15) is 0 Å². The summed E-state index contributed by atoms with van der Waals surface area (Å²) in [7, 11) is 2.03. The molecule has 0 amide bonds. The maximum absolute atomic E-state index is 7.32.